The molecule has 3 N–H and O–H groups in total. The Morgan fingerprint density at radius 2 is 2.00 bits per heavy atom. The number of hydrogen-bond donors (Lipinski definition) is 3. The summed E-state index contributed by atoms with van der Waals surface area (Å²) >= 11 is 3.30. The highest BCUT2D eigenvalue weighted by atomic mass is 79.9. The largest absolute Gasteiger partial charge is 0.508 e. The number of benzene rings is 1. The molecule has 0 aliphatic heterocycles. The quantitative estimate of drug-likeness (QED) is 0.798. The number of hydrogen-bond acceptors (Lipinski definition) is 3. The van der Waals surface area contributed by atoms with Gasteiger partial charge in [0.2, 0.25) is 0 Å². The predicted octanol–water partition coefficient (Wildman–Crippen LogP) is 2.60. The number of aromatic hydroxyl groups is 1. The van der Waals surface area contributed by atoms with Gasteiger partial charge in [0.25, 0.3) is 0 Å². The molecular weight excluding hydrogens is 272 g/mol. The van der Waals surface area contributed by atoms with Gasteiger partial charge in [0, 0.05) is 16.6 Å². The van der Waals surface area contributed by atoms with Gasteiger partial charge < -0.3 is 15.3 Å². The maximum Gasteiger partial charge on any atom is 0.121 e. The summed E-state index contributed by atoms with van der Waals surface area (Å²) in [6.07, 6.45) is -0.336. The van der Waals surface area contributed by atoms with E-state index < -0.39 is 11.5 Å². The van der Waals surface area contributed by atoms with Crippen molar-refractivity contribution in [2.24, 2.45) is 5.41 Å². The van der Waals surface area contributed by atoms with E-state index >= 15 is 0 Å². The fourth-order valence-electron chi connectivity index (χ4n) is 1.59. The molecule has 0 unspecified atom stereocenters. The van der Waals surface area contributed by atoms with Crippen LogP contribution in [0.1, 0.15) is 31.9 Å². The molecule has 1 aromatic carbocycles. The van der Waals surface area contributed by atoms with Crippen LogP contribution in [-0.4, -0.2) is 21.9 Å². The third-order valence-corrected chi connectivity index (χ3v) is 3.27. The smallest absolute Gasteiger partial charge is 0.121 e. The Morgan fingerprint density at radius 1 is 1.38 bits per heavy atom. The monoisotopic (exact) mass is 288 g/mol. The molecule has 0 bridgehead atoms. The minimum Gasteiger partial charge on any atom is -0.508 e. The van der Waals surface area contributed by atoms with E-state index in [1.807, 2.05) is 13.8 Å². The van der Waals surface area contributed by atoms with E-state index in [4.69, 9.17) is 5.11 Å². The van der Waals surface area contributed by atoms with Crippen LogP contribution in [0.3, 0.4) is 0 Å². The first-order valence-corrected chi connectivity index (χ1v) is 5.95. The van der Waals surface area contributed by atoms with E-state index in [0.717, 1.165) is 4.47 Å². The molecule has 3 nitrogen and oxygen atoms in total. The van der Waals surface area contributed by atoms with Crippen molar-refractivity contribution < 1.29 is 15.3 Å². The van der Waals surface area contributed by atoms with Crippen molar-refractivity contribution >= 4 is 15.9 Å². The number of halogens is 1. The Morgan fingerprint density at radius 3 is 2.56 bits per heavy atom. The van der Waals surface area contributed by atoms with Crippen LogP contribution in [0, 0.1) is 5.41 Å². The van der Waals surface area contributed by atoms with Gasteiger partial charge in [0.1, 0.15) is 5.75 Å². The molecule has 0 aliphatic carbocycles. The fourth-order valence-corrected chi connectivity index (χ4v) is 1.97. The van der Waals surface area contributed by atoms with Gasteiger partial charge in [0.15, 0.2) is 0 Å². The molecule has 1 rings (SSSR count). The van der Waals surface area contributed by atoms with E-state index in [1.165, 1.54) is 6.07 Å². The van der Waals surface area contributed by atoms with E-state index in [2.05, 4.69) is 15.9 Å². The Balaban J connectivity index is 3.03. The molecule has 0 aromatic heterocycles. The molecule has 0 amide bonds. The van der Waals surface area contributed by atoms with Crippen molar-refractivity contribution in [3.8, 4) is 5.75 Å². The number of phenolic OH excluding ortho intramolecular Hbond substituents is 1. The molecule has 4 heteroatoms. The van der Waals surface area contributed by atoms with Crippen LogP contribution in [0.5, 0.6) is 5.75 Å². The van der Waals surface area contributed by atoms with Gasteiger partial charge in [-0.3, -0.25) is 0 Å². The fraction of sp³-hybridized carbons (Fsp3) is 0.500. The normalized spacial score (nSPS) is 13.8. The van der Waals surface area contributed by atoms with E-state index in [-0.39, 0.29) is 12.4 Å². The van der Waals surface area contributed by atoms with Gasteiger partial charge >= 0.3 is 0 Å². The third kappa shape index (κ3) is 2.97. The summed E-state index contributed by atoms with van der Waals surface area (Å²) in [6, 6.07) is 4.95. The highest BCUT2D eigenvalue weighted by molar-refractivity contribution is 9.10. The van der Waals surface area contributed by atoms with Crippen molar-refractivity contribution in [2.45, 2.75) is 26.4 Å². The average Bonchev–Trinajstić information content (AvgIpc) is 2.20. The van der Waals surface area contributed by atoms with Crippen LogP contribution in [0.25, 0.3) is 0 Å². The summed E-state index contributed by atoms with van der Waals surface area (Å²) in [5, 5.41) is 28.8. The number of aliphatic hydroxyl groups is 2. The van der Waals surface area contributed by atoms with Gasteiger partial charge in [0.05, 0.1) is 6.10 Å². The first-order chi connectivity index (χ1) is 7.38. The van der Waals surface area contributed by atoms with Crippen LogP contribution in [0.2, 0.25) is 0 Å². The van der Waals surface area contributed by atoms with Gasteiger partial charge in [-0.25, -0.2) is 0 Å². The second-order valence-electron chi connectivity index (χ2n) is 4.57. The maximum atomic E-state index is 10.2. The van der Waals surface area contributed by atoms with Crippen molar-refractivity contribution in [3.63, 3.8) is 0 Å². The second kappa shape index (κ2) is 5.17. The second-order valence-corrected chi connectivity index (χ2v) is 5.48. The summed E-state index contributed by atoms with van der Waals surface area (Å²) in [7, 11) is 0. The zero-order valence-corrected chi connectivity index (χ0v) is 11.0. The SMILES string of the molecule is CC(C)(CCO)[C@H](O)c1cc(Br)ccc1O. The summed E-state index contributed by atoms with van der Waals surface area (Å²) in [5.74, 6) is 0.0710. The molecule has 16 heavy (non-hydrogen) atoms. The summed E-state index contributed by atoms with van der Waals surface area (Å²) in [4.78, 5) is 0. The Hall–Kier alpha value is -0.580. The third-order valence-electron chi connectivity index (χ3n) is 2.78. The molecule has 0 fully saturated rings. The lowest BCUT2D eigenvalue weighted by atomic mass is 9.80. The zero-order valence-electron chi connectivity index (χ0n) is 9.44. The van der Waals surface area contributed by atoms with E-state index in [1.54, 1.807) is 12.1 Å². The molecule has 0 heterocycles. The standard InChI is InChI=1S/C12H17BrO3/c1-12(2,5-6-14)11(16)9-7-8(13)3-4-10(9)15/h3-4,7,11,14-16H,5-6H2,1-2H3/t11-/m1/s1. The minimum atomic E-state index is -0.808. The molecule has 1 atom stereocenters. The van der Waals surface area contributed by atoms with Crippen LogP contribution in [0.4, 0.5) is 0 Å². The average molecular weight is 289 g/mol. The van der Waals surface area contributed by atoms with Gasteiger partial charge in [-0.15, -0.1) is 0 Å². The first-order valence-electron chi connectivity index (χ1n) is 5.16. The van der Waals surface area contributed by atoms with E-state index in [0.29, 0.717) is 12.0 Å². The molecule has 1 aromatic rings. The lowest BCUT2D eigenvalue weighted by molar-refractivity contribution is 0.0288. The van der Waals surface area contributed by atoms with Crippen LogP contribution >= 0.6 is 15.9 Å². The van der Waals surface area contributed by atoms with Crippen molar-refractivity contribution in [1.82, 2.24) is 0 Å². The highest BCUT2D eigenvalue weighted by Gasteiger charge is 2.30. The van der Waals surface area contributed by atoms with Crippen LogP contribution in [-0.2, 0) is 0 Å². The Bertz CT molecular complexity index is 363. The summed E-state index contributed by atoms with van der Waals surface area (Å²) < 4.78 is 0.805. The molecular formula is C12H17BrO3. The van der Waals surface area contributed by atoms with Crippen LogP contribution in [0.15, 0.2) is 22.7 Å². The van der Waals surface area contributed by atoms with Gasteiger partial charge in [-0.1, -0.05) is 29.8 Å². The molecule has 0 saturated heterocycles. The predicted molar refractivity (Wildman–Crippen MR) is 66.3 cm³/mol. The summed E-state index contributed by atoms with van der Waals surface area (Å²) in [6.45, 7) is 3.72. The topological polar surface area (TPSA) is 60.7 Å². The zero-order chi connectivity index (χ0) is 12.3. The first kappa shape index (κ1) is 13.5. The molecule has 0 saturated carbocycles. The highest BCUT2D eigenvalue weighted by Crippen LogP contribution is 2.40. The molecule has 0 spiro atoms. The molecule has 90 valence electrons. The molecule has 0 radical (unpaired) electrons. The summed E-state index contributed by atoms with van der Waals surface area (Å²) in [5.41, 5.74) is 0.000324. The van der Waals surface area contributed by atoms with E-state index in [9.17, 15) is 10.2 Å². The number of rotatable bonds is 4. The lowest BCUT2D eigenvalue weighted by Crippen LogP contribution is -2.23. The van der Waals surface area contributed by atoms with Gasteiger partial charge in [-0.2, -0.15) is 0 Å². The molecule has 0 aliphatic rings. The Labute approximate surface area is 104 Å². The van der Waals surface area contributed by atoms with Crippen molar-refractivity contribution in [1.29, 1.82) is 0 Å². The van der Waals surface area contributed by atoms with Crippen molar-refractivity contribution in [2.75, 3.05) is 6.61 Å². The van der Waals surface area contributed by atoms with Crippen LogP contribution < -0.4 is 0 Å². The van der Waals surface area contributed by atoms with Gasteiger partial charge in [-0.05, 0) is 30.0 Å². The maximum absolute atomic E-state index is 10.2. The Kier molecular flexibility index (Phi) is 4.35. The number of phenols is 1. The van der Waals surface area contributed by atoms with Crippen molar-refractivity contribution in [3.05, 3.63) is 28.2 Å². The number of aliphatic hydroxyl groups excluding tert-OH is 2. The lowest BCUT2D eigenvalue weighted by Gasteiger charge is -2.30. The minimum absolute atomic E-state index is 0.0127.